The molecule has 33 heavy (non-hydrogen) atoms. The van der Waals surface area contributed by atoms with Gasteiger partial charge in [0.15, 0.2) is 0 Å². The molecule has 2 aromatic heterocycles. The van der Waals surface area contributed by atoms with Crippen LogP contribution in [0.15, 0.2) is 53.3 Å². The highest BCUT2D eigenvalue weighted by molar-refractivity contribution is 7.18. The molecule has 168 valence electrons. The van der Waals surface area contributed by atoms with Crippen LogP contribution in [0.4, 0.5) is 5.69 Å². The standard InChI is InChI=1S/C26H25N3O3S/c1-16-7-5-9-18(13-16)27-22(30)15-29-24(17-8-6-10-19(14-17)32-2)28-25-23(26(29)31)20-11-3-4-12-21(20)33-25/h5-10,13-14H,3-4,11-12,15H2,1-2H3,(H,27,30). The number of carbonyl (C=O) groups is 1. The normalized spacial score (nSPS) is 13.0. The molecule has 2 aromatic carbocycles. The number of ether oxygens (including phenoxy) is 1. The van der Waals surface area contributed by atoms with Crippen molar-refractivity contribution in [3.8, 4) is 17.1 Å². The van der Waals surface area contributed by atoms with E-state index in [1.807, 2.05) is 55.5 Å². The SMILES string of the molecule is COc1cccc(-c2nc3sc4c(c3c(=O)n2CC(=O)Nc2cccc(C)c2)CCCC4)c1. The minimum Gasteiger partial charge on any atom is -0.497 e. The summed E-state index contributed by atoms with van der Waals surface area (Å²) in [5.74, 6) is 0.879. The molecule has 1 aliphatic rings. The lowest BCUT2D eigenvalue weighted by Gasteiger charge is -2.15. The predicted molar refractivity (Wildman–Crippen MR) is 132 cm³/mol. The lowest BCUT2D eigenvalue weighted by molar-refractivity contribution is -0.116. The molecule has 0 radical (unpaired) electrons. The first-order valence-corrected chi connectivity index (χ1v) is 11.9. The van der Waals surface area contributed by atoms with E-state index in [1.54, 1.807) is 18.4 Å². The van der Waals surface area contributed by atoms with Gasteiger partial charge in [0.25, 0.3) is 5.56 Å². The summed E-state index contributed by atoms with van der Waals surface area (Å²) < 4.78 is 6.88. The highest BCUT2D eigenvalue weighted by atomic mass is 32.1. The molecule has 5 rings (SSSR count). The number of methoxy groups -OCH3 is 1. The van der Waals surface area contributed by atoms with Crippen molar-refractivity contribution in [2.45, 2.75) is 39.2 Å². The van der Waals surface area contributed by atoms with Gasteiger partial charge in [0.1, 0.15) is 22.9 Å². The fourth-order valence-electron chi connectivity index (χ4n) is 4.43. The van der Waals surface area contributed by atoms with Crippen molar-refractivity contribution in [1.82, 2.24) is 9.55 Å². The summed E-state index contributed by atoms with van der Waals surface area (Å²) in [5, 5.41) is 3.59. The first kappa shape index (κ1) is 21.4. The van der Waals surface area contributed by atoms with Crippen LogP contribution in [0, 0.1) is 6.92 Å². The van der Waals surface area contributed by atoms with E-state index in [4.69, 9.17) is 9.72 Å². The van der Waals surface area contributed by atoms with Gasteiger partial charge in [-0.3, -0.25) is 14.2 Å². The van der Waals surface area contributed by atoms with Gasteiger partial charge in [0.2, 0.25) is 5.91 Å². The predicted octanol–water partition coefficient (Wildman–Crippen LogP) is 4.96. The zero-order valence-corrected chi connectivity index (χ0v) is 19.5. The number of hydrogen-bond donors (Lipinski definition) is 1. The smallest absolute Gasteiger partial charge is 0.263 e. The second-order valence-electron chi connectivity index (χ2n) is 8.37. The van der Waals surface area contributed by atoms with Gasteiger partial charge in [-0.15, -0.1) is 11.3 Å². The number of benzene rings is 2. The molecule has 2 heterocycles. The summed E-state index contributed by atoms with van der Waals surface area (Å²) in [4.78, 5) is 33.7. The van der Waals surface area contributed by atoms with Gasteiger partial charge < -0.3 is 10.1 Å². The van der Waals surface area contributed by atoms with Gasteiger partial charge in [-0.2, -0.15) is 0 Å². The lowest BCUT2D eigenvalue weighted by atomic mass is 9.97. The average Bonchev–Trinajstić information content (AvgIpc) is 3.19. The van der Waals surface area contributed by atoms with Crippen LogP contribution < -0.4 is 15.6 Å². The Balaban J connectivity index is 1.63. The Morgan fingerprint density at radius 2 is 1.97 bits per heavy atom. The number of nitrogens with zero attached hydrogens (tertiary/aromatic N) is 2. The molecule has 4 aromatic rings. The summed E-state index contributed by atoms with van der Waals surface area (Å²) in [6.07, 6.45) is 4.08. The van der Waals surface area contributed by atoms with Gasteiger partial charge in [-0.1, -0.05) is 24.3 Å². The number of nitrogens with one attached hydrogen (secondary N) is 1. The molecular formula is C26H25N3O3S. The molecule has 1 aliphatic carbocycles. The number of hydrogen-bond acceptors (Lipinski definition) is 5. The minimum atomic E-state index is -0.267. The Morgan fingerprint density at radius 3 is 2.79 bits per heavy atom. The molecule has 0 saturated heterocycles. The molecule has 6 nitrogen and oxygen atoms in total. The summed E-state index contributed by atoms with van der Waals surface area (Å²) in [6.45, 7) is 1.85. The molecule has 7 heteroatoms. The Bertz CT molecular complexity index is 1420. The number of amides is 1. The molecule has 0 fully saturated rings. The van der Waals surface area contributed by atoms with Gasteiger partial charge in [0, 0.05) is 16.1 Å². The van der Waals surface area contributed by atoms with Gasteiger partial charge in [0.05, 0.1) is 12.5 Å². The molecular weight excluding hydrogens is 434 g/mol. The number of aromatic nitrogens is 2. The van der Waals surface area contributed by atoms with Crippen molar-refractivity contribution in [2.75, 3.05) is 12.4 Å². The second kappa shape index (κ2) is 8.83. The van der Waals surface area contributed by atoms with E-state index in [2.05, 4.69) is 5.32 Å². The van der Waals surface area contributed by atoms with Crippen LogP contribution in [0.25, 0.3) is 21.6 Å². The van der Waals surface area contributed by atoms with Crippen LogP contribution in [-0.2, 0) is 24.2 Å². The van der Waals surface area contributed by atoms with E-state index in [0.29, 0.717) is 22.6 Å². The molecule has 0 unspecified atom stereocenters. The van der Waals surface area contributed by atoms with Crippen LogP contribution >= 0.6 is 11.3 Å². The van der Waals surface area contributed by atoms with E-state index in [0.717, 1.165) is 47.2 Å². The highest BCUT2D eigenvalue weighted by Gasteiger charge is 2.23. The molecule has 0 spiro atoms. The topological polar surface area (TPSA) is 73.2 Å². The molecule has 1 amide bonds. The van der Waals surface area contributed by atoms with Crippen LogP contribution in [0.1, 0.15) is 28.8 Å². The van der Waals surface area contributed by atoms with Crippen molar-refractivity contribution < 1.29 is 9.53 Å². The van der Waals surface area contributed by atoms with Crippen LogP contribution in [0.5, 0.6) is 5.75 Å². The number of carbonyl (C=O) groups excluding carboxylic acids is 1. The monoisotopic (exact) mass is 459 g/mol. The fraction of sp³-hybridized carbons (Fsp3) is 0.269. The minimum absolute atomic E-state index is 0.118. The Kier molecular flexibility index (Phi) is 5.72. The fourth-order valence-corrected chi connectivity index (χ4v) is 5.69. The Morgan fingerprint density at radius 1 is 1.15 bits per heavy atom. The third kappa shape index (κ3) is 4.16. The van der Waals surface area contributed by atoms with E-state index in [1.165, 1.54) is 9.44 Å². The van der Waals surface area contributed by atoms with Gasteiger partial charge in [-0.25, -0.2) is 4.98 Å². The Hall–Kier alpha value is -3.45. The molecule has 0 aliphatic heterocycles. The third-order valence-corrected chi connectivity index (χ3v) is 7.19. The maximum Gasteiger partial charge on any atom is 0.263 e. The first-order chi connectivity index (χ1) is 16.0. The van der Waals surface area contributed by atoms with E-state index in [9.17, 15) is 9.59 Å². The lowest BCUT2D eigenvalue weighted by Crippen LogP contribution is -2.30. The number of rotatable bonds is 5. The number of fused-ring (bicyclic) bond motifs is 3. The maximum atomic E-state index is 13.8. The zero-order valence-electron chi connectivity index (χ0n) is 18.7. The number of thiophene rings is 1. The van der Waals surface area contributed by atoms with Gasteiger partial charge >= 0.3 is 0 Å². The Labute approximate surface area is 195 Å². The summed E-state index contributed by atoms with van der Waals surface area (Å²) in [7, 11) is 1.60. The summed E-state index contributed by atoms with van der Waals surface area (Å²) in [6, 6.07) is 15.0. The van der Waals surface area contributed by atoms with Crippen molar-refractivity contribution in [3.05, 3.63) is 74.9 Å². The molecule has 0 atom stereocenters. The van der Waals surface area contributed by atoms with Crippen LogP contribution in [0.2, 0.25) is 0 Å². The highest BCUT2D eigenvalue weighted by Crippen LogP contribution is 2.35. The third-order valence-electron chi connectivity index (χ3n) is 6.01. The van der Waals surface area contributed by atoms with Crippen molar-refractivity contribution in [2.24, 2.45) is 0 Å². The molecule has 0 saturated carbocycles. The van der Waals surface area contributed by atoms with E-state index < -0.39 is 0 Å². The largest absolute Gasteiger partial charge is 0.497 e. The first-order valence-electron chi connectivity index (χ1n) is 11.1. The van der Waals surface area contributed by atoms with E-state index >= 15 is 0 Å². The summed E-state index contributed by atoms with van der Waals surface area (Å²) >= 11 is 1.61. The average molecular weight is 460 g/mol. The van der Waals surface area contributed by atoms with Crippen LogP contribution in [0.3, 0.4) is 0 Å². The van der Waals surface area contributed by atoms with Crippen molar-refractivity contribution in [3.63, 3.8) is 0 Å². The van der Waals surface area contributed by atoms with E-state index in [-0.39, 0.29) is 18.0 Å². The maximum absolute atomic E-state index is 13.8. The zero-order chi connectivity index (χ0) is 22.9. The molecule has 0 bridgehead atoms. The van der Waals surface area contributed by atoms with Crippen molar-refractivity contribution in [1.29, 1.82) is 0 Å². The number of aryl methyl sites for hydroxylation is 3. The second-order valence-corrected chi connectivity index (χ2v) is 9.45. The quantitative estimate of drug-likeness (QED) is 0.458. The van der Waals surface area contributed by atoms with Gasteiger partial charge in [-0.05, 0) is 68.0 Å². The summed E-state index contributed by atoms with van der Waals surface area (Å²) in [5.41, 5.74) is 3.46. The van der Waals surface area contributed by atoms with Crippen molar-refractivity contribution >= 4 is 33.1 Å². The number of anilines is 1. The molecule has 1 N–H and O–H groups in total. The van der Waals surface area contributed by atoms with Crippen LogP contribution in [-0.4, -0.2) is 22.6 Å².